The Kier molecular flexibility index (Phi) is 2.86. The van der Waals surface area contributed by atoms with Crippen LogP contribution in [0.15, 0.2) is 12.1 Å². The van der Waals surface area contributed by atoms with Crippen molar-refractivity contribution in [1.82, 2.24) is 0 Å². The van der Waals surface area contributed by atoms with Crippen LogP contribution in [0.5, 0.6) is 0 Å². The van der Waals surface area contributed by atoms with E-state index in [2.05, 4.69) is 0 Å². The summed E-state index contributed by atoms with van der Waals surface area (Å²) in [6, 6.07) is 1.52. The van der Waals surface area contributed by atoms with E-state index in [0.29, 0.717) is 22.7 Å². The first-order valence-electron chi connectivity index (χ1n) is 7.61. The van der Waals surface area contributed by atoms with Gasteiger partial charge in [-0.15, -0.1) is 22.7 Å². The number of benzene rings is 1. The van der Waals surface area contributed by atoms with Gasteiger partial charge in [-0.1, -0.05) is 0 Å². The van der Waals surface area contributed by atoms with Crippen LogP contribution in [0.4, 0.5) is 26.3 Å². The fourth-order valence-electron chi connectivity index (χ4n) is 4.18. The molecule has 1 aromatic carbocycles. The van der Waals surface area contributed by atoms with Crippen molar-refractivity contribution in [2.75, 3.05) is 0 Å². The molecule has 0 spiro atoms. The predicted molar refractivity (Wildman–Crippen MR) is 88.5 cm³/mol. The molecule has 2 heterocycles. The molecule has 0 fully saturated rings. The van der Waals surface area contributed by atoms with Gasteiger partial charge in [-0.3, -0.25) is 0 Å². The van der Waals surface area contributed by atoms with Crippen LogP contribution in [0.3, 0.4) is 0 Å². The Morgan fingerprint density at radius 3 is 1.38 bits per heavy atom. The lowest BCUT2D eigenvalue weighted by Crippen LogP contribution is -2.17. The fourth-order valence-corrected chi connectivity index (χ4v) is 6.23. The molecule has 0 unspecified atom stereocenters. The minimum Gasteiger partial charge on any atom is -0.196 e. The minimum atomic E-state index is -3.48. The maximum Gasteiger partial charge on any atom is 0.300 e. The standard InChI is InChI=1S/C18H8F6S2/c1-5-11-14(18(23,24)7-3-9(19)25-15(7)11)6(2)12-13(5)17(21,22)8-4-10(20)26-16(8)12/h3-4H,1-2H3. The van der Waals surface area contributed by atoms with E-state index in [4.69, 9.17) is 0 Å². The Bertz CT molecular complexity index is 1050. The van der Waals surface area contributed by atoms with E-state index in [-0.39, 0.29) is 43.1 Å². The van der Waals surface area contributed by atoms with Gasteiger partial charge in [0.2, 0.25) is 0 Å². The van der Waals surface area contributed by atoms with E-state index in [1.165, 1.54) is 13.8 Å². The van der Waals surface area contributed by atoms with E-state index in [1.54, 1.807) is 0 Å². The lowest BCUT2D eigenvalue weighted by molar-refractivity contribution is 0.0441. The monoisotopic (exact) mass is 402 g/mol. The Hall–Kier alpha value is -1.80. The van der Waals surface area contributed by atoms with Gasteiger partial charge >= 0.3 is 11.8 Å². The van der Waals surface area contributed by atoms with E-state index in [1.807, 2.05) is 0 Å². The van der Waals surface area contributed by atoms with Crippen molar-refractivity contribution in [3.05, 3.63) is 55.8 Å². The highest BCUT2D eigenvalue weighted by atomic mass is 32.1. The largest absolute Gasteiger partial charge is 0.300 e. The van der Waals surface area contributed by atoms with Crippen LogP contribution in [0.25, 0.3) is 20.9 Å². The highest BCUT2D eigenvalue weighted by molar-refractivity contribution is 7.14. The molecule has 0 amide bonds. The summed E-state index contributed by atoms with van der Waals surface area (Å²) in [5.41, 5.74) is -1.81. The summed E-state index contributed by atoms with van der Waals surface area (Å²) in [5.74, 6) is -6.97. The summed E-state index contributed by atoms with van der Waals surface area (Å²) >= 11 is 1.06. The predicted octanol–water partition coefficient (Wildman–Crippen LogP) is 6.95. The second-order valence-corrected chi connectivity index (χ2v) is 8.49. The number of rotatable bonds is 0. The third-order valence-corrected chi connectivity index (χ3v) is 7.04. The van der Waals surface area contributed by atoms with Crippen LogP contribution < -0.4 is 0 Å². The molecular weight excluding hydrogens is 394 g/mol. The van der Waals surface area contributed by atoms with Crippen molar-refractivity contribution in [2.45, 2.75) is 25.7 Å². The molecule has 134 valence electrons. The van der Waals surface area contributed by atoms with Crippen molar-refractivity contribution in [1.29, 1.82) is 0 Å². The smallest absolute Gasteiger partial charge is 0.196 e. The molecule has 5 rings (SSSR count). The summed E-state index contributed by atoms with van der Waals surface area (Å²) < 4.78 is 87.3. The number of thiophene rings is 2. The third-order valence-electron chi connectivity index (χ3n) is 5.16. The van der Waals surface area contributed by atoms with Crippen LogP contribution in [0, 0.1) is 24.1 Å². The lowest BCUT2D eigenvalue weighted by atomic mass is 9.88. The molecule has 0 N–H and O–H groups in total. The average molecular weight is 402 g/mol. The van der Waals surface area contributed by atoms with E-state index >= 15 is 17.6 Å². The second kappa shape index (κ2) is 4.54. The maximum absolute atomic E-state index is 15.0. The van der Waals surface area contributed by atoms with E-state index in [0.717, 1.165) is 12.1 Å². The van der Waals surface area contributed by atoms with Gasteiger partial charge in [-0.25, -0.2) is 0 Å². The molecule has 8 heteroatoms. The molecule has 2 aromatic heterocycles. The summed E-state index contributed by atoms with van der Waals surface area (Å²) in [4.78, 5) is -0.0220. The Morgan fingerprint density at radius 2 is 1.04 bits per heavy atom. The molecular formula is C18H8F6S2. The first-order valence-corrected chi connectivity index (χ1v) is 9.24. The number of hydrogen-bond acceptors (Lipinski definition) is 2. The van der Waals surface area contributed by atoms with Crippen LogP contribution in [0.1, 0.15) is 33.4 Å². The van der Waals surface area contributed by atoms with Gasteiger partial charge in [-0.2, -0.15) is 26.3 Å². The number of alkyl halides is 4. The zero-order valence-corrected chi connectivity index (χ0v) is 14.9. The Labute approximate surface area is 151 Å². The van der Waals surface area contributed by atoms with Crippen molar-refractivity contribution in [3.8, 4) is 20.9 Å². The molecule has 2 aliphatic carbocycles. The highest BCUT2D eigenvalue weighted by Gasteiger charge is 2.54. The van der Waals surface area contributed by atoms with Crippen molar-refractivity contribution in [2.24, 2.45) is 0 Å². The molecule has 0 saturated carbocycles. The zero-order chi connectivity index (χ0) is 18.8. The van der Waals surface area contributed by atoms with Crippen LogP contribution >= 0.6 is 22.7 Å². The maximum atomic E-state index is 15.0. The van der Waals surface area contributed by atoms with Gasteiger partial charge in [0, 0.05) is 43.1 Å². The van der Waals surface area contributed by atoms with Crippen LogP contribution in [-0.2, 0) is 11.8 Å². The number of halogens is 6. The van der Waals surface area contributed by atoms with Gasteiger partial charge < -0.3 is 0 Å². The Balaban J connectivity index is 1.97. The number of hydrogen-bond donors (Lipinski definition) is 0. The average Bonchev–Trinajstić information content (AvgIpc) is 3.19. The first kappa shape index (κ1) is 16.4. The zero-order valence-electron chi connectivity index (χ0n) is 13.2. The van der Waals surface area contributed by atoms with Gasteiger partial charge in [0.1, 0.15) is 0 Å². The van der Waals surface area contributed by atoms with Crippen molar-refractivity contribution in [3.63, 3.8) is 0 Å². The third kappa shape index (κ3) is 1.63. The second-order valence-electron chi connectivity index (χ2n) is 6.49. The molecule has 0 bridgehead atoms. The SMILES string of the molecule is Cc1c2c(c(C)c3c1C(F)(F)c1cc(F)sc1-3)C(F)(F)c1cc(F)sc1-2. The quantitative estimate of drug-likeness (QED) is 0.357. The highest BCUT2D eigenvalue weighted by Crippen LogP contribution is 2.63. The minimum absolute atomic E-state index is 0.00492. The van der Waals surface area contributed by atoms with Gasteiger partial charge in [-0.05, 0) is 37.1 Å². The van der Waals surface area contributed by atoms with Crippen LogP contribution in [-0.4, -0.2) is 0 Å². The summed E-state index contributed by atoms with van der Waals surface area (Å²) in [6.45, 7) is 2.70. The summed E-state index contributed by atoms with van der Waals surface area (Å²) in [6.07, 6.45) is 0. The molecule has 0 saturated heterocycles. The van der Waals surface area contributed by atoms with Crippen molar-refractivity contribution < 1.29 is 26.3 Å². The van der Waals surface area contributed by atoms with Gasteiger partial charge in [0.05, 0.1) is 0 Å². The van der Waals surface area contributed by atoms with Gasteiger partial charge in [0.15, 0.2) is 10.3 Å². The number of fused-ring (bicyclic) bond motifs is 6. The molecule has 0 radical (unpaired) electrons. The molecule has 26 heavy (non-hydrogen) atoms. The molecule has 3 aromatic rings. The van der Waals surface area contributed by atoms with Gasteiger partial charge in [0.25, 0.3) is 0 Å². The molecule has 0 atom stereocenters. The van der Waals surface area contributed by atoms with Crippen LogP contribution in [0.2, 0.25) is 0 Å². The fraction of sp³-hybridized carbons (Fsp3) is 0.222. The topological polar surface area (TPSA) is 0 Å². The van der Waals surface area contributed by atoms with E-state index in [9.17, 15) is 8.78 Å². The molecule has 2 aliphatic rings. The Morgan fingerprint density at radius 1 is 0.692 bits per heavy atom. The molecule has 0 nitrogen and oxygen atoms in total. The summed E-state index contributed by atoms with van der Waals surface area (Å²) in [5, 5.41) is -1.57. The first-order chi connectivity index (χ1) is 12.1. The van der Waals surface area contributed by atoms with E-state index < -0.39 is 33.2 Å². The molecule has 0 aliphatic heterocycles. The van der Waals surface area contributed by atoms with Crippen molar-refractivity contribution >= 4 is 22.7 Å². The normalized spacial score (nSPS) is 17.8. The summed E-state index contributed by atoms with van der Waals surface area (Å²) in [7, 11) is 0. The lowest BCUT2D eigenvalue weighted by Gasteiger charge is -2.21.